The molecule has 0 amide bonds. The van der Waals surface area contributed by atoms with Gasteiger partial charge < -0.3 is 0 Å². The van der Waals surface area contributed by atoms with Crippen molar-refractivity contribution in [2.24, 2.45) is 0 Å². The zero-order chi connectivity index (χ0) is 6.62. The van der Waals surface area contributed by atoms with Gasteiger partial charge in [0.2, 0.25) is 0 Å². The summed E-state index contributed by atoms with van der Waals surface area (Å²) in [5.74, 6) is 0. The monoisotopic (exact) mass is 256 g/mol. The summed E-state index contributed by atoms with van der Waals surface area (Å²) >= 11 is 0.625. The van der Waals surface area contributed by atoms with Crippen LogP contribution in [0.5, 0.6) is 0 Å². The quantitative estimate of drug-likeness (QED) is 0.654. The normalized spacial score (nSPS) is 21.0. The summed E-state index contributed by atoms with van der Waals surface area (Å²) in [6.07, 6.45) is 0. The second-order valence-electron chi connectivity index (χ2n) is 1.74. The van der Waals surface area contributed by atoms with Crippen LogP contribution in [-0.4, -0.2) is 42.5 Å². The van der Waals surface area contributed by atoms with E-state index in [1.165, 1.54) is 0 Å². The van der Waals surface area contributed by atoms with E-state index in [9.17, 15) is 0 Å². The second-order valence-corrected chi connectivity index (χ2v) is 30.1. The number of hydrogen-bond donors (Lipinski definition) is 0. The summed E-state index contributed by atoms with van der Waals surface area (Å²) in [6, 6.07) is 0. The molecule has 8 heavy (non-hydrogen) atoms. The summed E-state index contributed by atoms with van der Waals surface area (Å²) < 4.78 is 5.49. The Morgan fingerprint density at radius 1 is 1.25 bits per heavy atom. The third kappa shape index (κ3) is 2.73. The summed E-state index contributed by atoms with van der Waals surface area (Å²) in [5, 5.41) is -0.921. The van der Waals surface area contributed by atoms with Gasteiger partial charge in [0, 0.05) is 0 Å². The van der Waals surface area contributed by atoms with Gasteiger partial charge in [0.05, 0.1) is 0 Å². The fourth-order valence-electron chi connectivity index (χ4n) is 0.329. The molecular weight excluding hydrogens is 242 g/mol. The van der Waals surface area contributed by atoms with Gasteiger partial charge in [-0.15, -0.1) is 0 Å². The van der Waals surface area contributed by atoms with Crippen molar-refractivity contribution in [3.8, 4) is 0 Å². The molecule has 0 rings (SSSR count). The average molecular weight is 256 g/mol. The molecule has 2 atom stereocenters. The molecule has 0 fully saturated rings. The van der Waals surface area contributed by atoms with Crippen molar-refractivity contribution in [2.75, 3.05) is 7.11 Å². The Kier molecular flexibility index (Phi) is 4.84. The topological polar surface area (TPSA) is 9.23 Å². The SMILES string of the molecule is CO[Si](C)([AsH]C)[AsH]C. The second kappa shape index (κ2) is 4.16. The van der Waals surface area contributed by atoms with Crippen molar-refractivity contribution >= 4 is 35.4 Å². The van der Waals surface area contributed by atoms with Gasteiger partial charge in [-0.05, 0) is 0 Å². The summed E-state index contributed by atoms with van der Waals surface area (Å²) in [7, 11) is 1.90. The van der Waals surface area contributed by atoms with Crippen molar-refractivity contribution < 1.29 is 4.43 Å². The first-order chi connectivity index (χ1) is 3.68. The molecule has 0 aliphatic carbocycles. The molecule has 4 heteroatoms. The standard InChI is InChI=1S/C4H14As2OSi/c1-5-8(4,6-2)7-3/h5-6H,1-4H3. The van der Waals surface area contributed by atoms with Crippen LogP contribution in [0, 0.1) is 0 Å². The average Bonchev–Trinajstić information content (AvgIpc) is 1.87. The van der Waals surface area contributed by atoms with E-state index in [1.54, 1.807) is 0 Å². The molecule has 0 aromatic carbocycles. The Morgan fingerprint density at radius 3 is 1.62 bits per heavy atom. The number of hydrogen-bond acceptors (Lipinski definition) is 1. The van der Waals surface area contributed by atoms with E-state index in [1.807, 2.05) is 7.11 Å². The van der Waals surface area contributed by atoms with Gasteiger partial charge in [0.1, 0.15) is 0 Å². The van der Waals surface area contributed by atoms with Crippen molar-refractivity contribution in [1.29, 1.82) is 0 Å². The molecule has 0 aliphatic rings. The molecule has 0 heterocycles. The van der Waals surface area contributed by atoms with E-state index < -0.39 is 5.25 Å². The van der Waals surface area contributed by atoms with E-state index >= 15 is 0 Å². The summed E-state index contributed by atoms with van der Waals surface area (Å²) in [4.78, 5) is 0. The van der Waals surface area contributed by atoms with Crippen molar-refractivity contribution in [1.82, 2.24) is 0 Å². The maximum atomic E-state index is 5.49. The van der Waals surface area contributed by atoms with Crippen LogP contribution in [0.25, 0.3) is 0 Å². The molecule has 0 N–H and O–H groups in total. The maximum absolute atomic E-state index is 5.49. The fourth-order valence-corrected chi connectivity index (χ4v) is 13.3. The van der Waals surface area contributed by atoms with Crippen LogP contribution >= 0.6 is 0 Å². The Bertz CT molecular complexity index is 56.8. The first-order valence-corrected chi connectivity index (χ1v) is 15.5. The van der Waals surface area contributed by atoms with Gasteiger partial charge in [0.15, 0.2) is 0 Å². The molecule has 0 bridgehead atoms. The Hall–Kier alpha value is 1.29. The molecule has 0 aromatic rings. The van der Waals surface area contributed by atoms with Crippen molar-refractivity contribution in [3.05, 3.63) is 0 Å². The molecule has 0 aromatic heterocycles. The van der Waals surface area contributed by atoms with E-state index in [4.69, 9.17) is 4.43 Å². The third-order valence-electron chi connectivity index (χ3n) is 1.36. The Labute approximate surface area is 64.9 Å². The van der Waals surface area contributed by atoms with Gasteiger partial charge in [-0.25, -0.2) is 0 Å². The summed E-state index contributed by atoms with van der Waals surface area (Å²) in [6.45, 7) is 2.38. The van der Waals surface area contributed by atoms with Crippen LogP contribution in [0.3, 0.4) is 0 Å². The van der Waals surface area contributed by atoms with Crippen LogP contribution in [-0.2, 0) is 4.43 Å². The molecule has 2 unspecified atom stereocenters. The van der Waals surface area contributed by atoms with Gasteiger partial charge in [0.25, 0.3) is 0 Å². The Balaban J connectivity index is 3.58. The zero-order valence-corrected chi connectivity index (χ0v) is 11.1. The molecule has 0 radical (unpaired) electrons. The number of rotatable bonds is 3. The van der Waals surface area contributed by atoms with Gasteiger partial charge in [-0.2, -0.15) is 0 Å². The molecule has 50 valence electrons. The van der Waals surface area contributed by atoms with E-state index in [0.29, 0.717) is 30.2 Å². The minimum absolute atomic E-state index is 0.312. The van der Waals surface area contributed by atoms with Crippen molar-refractivity contribution in [3.63, 3.8) is 0 Å². The fraction of sp³-hybridized carbons (Fsp3) is 1.00. The zero-order valence-electron chi connectivity index (χ0n) is 5.91. The van der Waals surface area contributed by atoms with Crippen LogP contribution in [0.1, 0.15) is 0 Å². The van der Waals surface area contributed by atoms with Crippen molar-refractivity contribution in [2.45, 2.75) is 18.0 Å². The van der Waals surface area contributed by atoms with Gasteiger partial charge in [-0.3, -0.25) is 0 Å². The van der Waals surface area contributed by atoms with Crippen LogP contribution in [0.4, 0.5) is 0 Å². The van der Waals surface area contributed by atoms with E-state index in [-0.39, 0.29) is 0 Å². The van der Waals surface area contributed by atoms with Gasteiger partial charge in [-0.1, -0.05) is 0 Å². The predicted molar refractivity (Wildman–Crippen MR) is 44.7 cm³/mol. The Morgan fingerprint density at radius 2 is 1.62 bits per heavy atom. The molecule has 1 nitrogen and oxygen atoms in total. The molecule has 0 saturated carbocycles. The van der Waals surface area contributed by atoms with Crippen LogP contribution in [0.15, 0.2) is 0 Å². The third-order valence-corrected chi connectivity index (χ3v) is 35.0. The molecule has 0 aliphatic heterocycles. The van der Waals surface area contributed by atoms with E-state index in [2.05, 4.69) is 18.0 Å². The van der Waals surface area contributed by atoms with E-state index in [0.717, 1.165) is 0 Å². The predicted octanol–water partition coefficient (Wildman–Crippen LogP) is 0.171. The first kappa shape index (κ1) is 9.29. The molecular formula is C4H14As2OSi. The van der Waals surface area contributed by atoms with Gasteiger partial charge >= 0.3 is 64.9 Å². The minimum atomic E-state index is -0.921. The van der Waals surface area contributed by atoms with Crippen LogP contribution in [0.2, 0.25) is 18.0 Å². The molecule has 0 spiro atoms. The van der Waals surface area contributed by atoms with Crippen LogP contribution < -0.4 is 0 Å². The molecule has 0 saturated heterocycles. The summed E-state index contributed by atoms with van der Waals surface area (Å²) in [5.41, 5.74) is 4.73. The first-order valence-electron chi connectivity index (χ1n) is 2.61.